The summed E-state index contributed by atoms with van der Waals surface area (Å²) in [4.78, 5) is 4.52. The highest BCUT2D eigenvalue weighted by molar-refractivity contribution is 7.19. The number of hydrogen-bond acceptors (Lipinski definition) is 3. The highest BCUT2D eigenvalue weighted by atomic mass is 32.1. The molecule has 3 aromatic rings. The van der Waals surface area contributed by atoms with Gasteiger partial charge in [-0.15, -0.1) is 0 Å². The smallest absolute Gasteiger partial charge is 0.127 e. The predicted molar refractivity (Wildman–Crippen MR) is 73.2 cm³/mol. The van der Waals surface area contributed by atoms with Crippen LogP contribution >= 0.6 is 11.3 Å². The number of anilines is 1. The summed E-state index contributed by atoms with van der Waals surface area (Å²) in [5.74, 6) is 0. The Kier molecular flexibility index (Phi) is 2.19. The zero-order valence-electron chi connectivity index (χ0n) is 9.77. The molecule has 2 N–H and O–H groups in total. The molecule has 0 aliphatic heterocycles. The van der Waals surface area contributed by atoms with E-state index in [1.807, 2.05) is 13.0 Å². The standard InChI is InChI=1S/C13H13N3S/c1-8-12(14)17-13(15-8)10-7-16(2)11-6-4-3-5-9(10)11/h3-7H,14H2,1-2H3. The molecule has 1 aromatic carbocycles. The lowest BCUT2D eigenvalue weighted by molar-refractivity contribution is 0.970. The highest BCUT2D eigenvalue weighted by Crippen LogP contribution is 2.35. The van der Waals surface area contributed by atoms with Crippen LogP contribution in [0.15, 0.2) is 30.5 Å². The van der Waals surface area contributed by atoms with Gasteiger partial charge < -0.3 is 10.3 Å². The Morgan fingerprint density at radius 2 is 2.06 bits per heavy atom. The molecule has 0 fully saturated rings. The van der Waals surface area contributed by atoms with Gasteiger partial charge in [0, 0.05) is 29.7 Å². The minimum Gasteiger partial charge on any atom is -0.389 e. The van der Waals surface area contributed by atoms with E-state index in [4.69, 9.17) is 5.73 Å². The third-order valence-corrected chi connectivity index (χ3v) is 3.98. The number of nitrogen functional groups attached to an aromatic ring is 1. The van der Waals surface area contributed by atoms with E-state index in [2.05, 4.69) is 41.0 Å². The number of nitrogens with two attached hydrogens (primary N) is 1. The molecule has 0 unspecified atom stereocenters. The van der Waals surface area contributed by atoms with E-state index in [0.29, 0.717) is 0 Å². The Balaban J connectivity index is 2.30. The molecule has 3 nitrogen and oxygen atoms in total. The van der Waals surface area contributed by atoms with Gasteiger partial charge in [0.15, 0.2) is 0 Å². The summed E-state index contributed by atoms with van der Waals surface area (Å²) < 4.78 is 2.12. The van der Waals surface area contributed by atoms with Gasteiger partial charge in [-0.05, 0) is 13.0 Å². The van der Waals surface area contributed by atoms with Crippen LogP contribution in [-0.2, 0) is 7.05 Å². The van der Waals surface area contributed by atoms with Gasteiger partial charge in [-0.1, -0.05) is 29.5 Å². The van der Waals surface area contributed by atoms with Crippen LogP contribution in [0.1, 0.15) is 5.69 Å². The van der Waals surface area contributed by atoms with Crippen molar-refractivity contribution >= 4 is 27.2 Å². The topological polar surface area (TPSA) is 43.8 Å². The molecule has 17 heavy (non-hydrogen) atoms. The van der Waals surface area contributed by atoms with E-state index < -0.39 is 0 Å². The van der Waals surface area contributed by atoms with Crippen molar-refractivity contribution in [1.82, 2.24) is 9.55 Å². The normalized spacial score (nSPS) is 11.2. The molecule has 0 aliphatic carbocycles. The van der Waals surface area contributed by atoms with Crippen LogP contribution in [0.3, 0.4) is 0 Å². The SMILES string of the molecule is Cc1nc(-c2cn(C)c3ccccc23)sc1N. The van der Waals surface area contributed by atoms with E-state index >= 15 is 0 Å². The van der Waals surface area contributed by atoms with Crippen LogP contribution in [0.5, 0.6) is 0 Å². The maximum atomic E-state index is 5.88. The Hall–Kier alpha value is -1.81. The van der Waals surface area contributed by atoms with Gasteiger partial charge in [0.05, 0.1) is 5.69 Å². The van der Waals surface area contributed by atoms with Crippen molar-refractivity contribution in [1.29, 1.82) is 0 Å². The van der Waals surface area contributed by atoms with Crippen LogP contribution in [0.4, 0.5) is 5.00 Å². The van der Waals surface area contributed by atoms with E-state index in [0.717, 1.165) is 21.3 Å². The molecule has 0 radical (unpaired) electrons. The maximum absolute atomic E-state index is 5.88. The van der Waals surface area contributed by atoms with Crippen LogP contribution in [0, 0.1) is 6.92 Å². The number of benzene rings is 1. The Morgan fingerprint density at radius 1 is 1.29 bits per heavy atom. The summed E-state index contributed by atoms with van der Waals surface area (Å²) in [6, 6.07) is 8.34. The zero-order chi connectivity index (χ0) is 12.0. The summed E-state index contributed by atoms with van der Waals surface area (Å²) in [7, 11) is 2.05. The van der Waals surface area contributed by atoms with Crippen LogP contribution < -0.4 is 5.73 Å². The van der Waals surface area contributed by atoms with E-state index in [9.17, 15) is 0 Å². The van der Waals surface area contributed by atoms with Gasteiger partial charge in [-0.2, -0.15) is 0 Å². The van der Waals surface area contributed by atoms with Crippen molar-refractivity contribution in [2.75, 3.05) is 5.73 Å². The van der Waals surface area contributed by atoms with Crippen LogP contribution in [0.2, 0.25) is 0 Å². The molecule has 2 aromatic heterocycles. The molecular formula is C13H13N3S. The van der Waals surface area contributed by atoms with Crippen LogP contribution in [0.25, 0.3) is 21.5 Å². The minimum atomic E-state index is 0.799. The number of rotatable bonds is 1. The number of fused-ring (bicyclic) bond motifs is 1. The lowest BCUT2D eigenvalue weighted by Crippen LogP contribution is -1.82. The molecule has 86 valence electrons. The summed E-state index contributed by atoms with van der Waals surface area (Å²) in [6.07, 6.45) is 2.11. The van der Waals surface area contributed by atoms with E-state index in [1.165, 1.54) is 10.9 Å². The van der Waals surface area contributed by atoms with Crippen LogP contribution in [-0.4, -0.2) is 9.55 Å². The second-order valence-electron chi connectivity index (χ2n) is 4.14. The van der Waals surface area contributed by atoms with Gasteiger partial charge in [0.1, 0.15) is 10.0 Å². The highest BCUT2D eigenvalue weighted by Gasteiger charge is 2.12. The summed E-state index contributed by atoms with van der Waals surface area (Å²) in [6.45, 7) is 1.94. The fraction of sp³-hybridized carbons (Fsp3) is 0.154. The van der Waals surface area contributed by atoms with Gasteiger partial charge in [-0.3, -0.25) is 0 Å². The number of aromatic nitrogens is 2. The van der Waals surface area contributed by atoms with Crippen molar-refractivity contribution in [3.63, 3.8) is 0 Å². The second-order valence-corrected chi connectivity index (χ2v) is 5.17. The number of aryl methyl sites for hydroxylation is 2. The molecule has 0 saturated heterocycles. The fourth-order valence-electron chi connectivity index (χ4n) is 2.04. The van der Waals surface area contributed by atoms with Crippen molar-refractivity contribution in [2.24, 2.45) is 7.05 Å². The van der Waals surface area contributed by atoms with Crippen molar-refractivity contribution in [3.05, 3.63) is 36.2 Å². The first-order valence-electron chi connectivity index (χ1n) is 5.44. The van der Waals surface area contributed by atoms with Gasteiger partial charge >= 0.3 is 0 Å². The van der Waals surface area contributed by atoms with Gasteiger partial charge in [0.2, 0.25) is 0 Å². The third-order valence-electron chi connectivity index (χ3n) is 2.96. The number of thiazole rings is 1. The minimum absolute atomic E-state index is 0.799. The first-order valence-corrected chi connectivity index (χ1v) is 6.26. The molecule has 0 spiro atoms. The zero-order valence-corrected chi connectivity index (χ0v) is 10.6. The quantitative estimate of drug-likeness (QED) is 0.713. The number of hydrogen-bond donors (Lipinski definition) is 1. The van der Waals surface area contributed by atoms with Gasteiger partial charge in [0.25, 0.3) is 0 Å². The summed E-state index contributed by atoms with van der Waals surface area (Å²) >= 11 is 1.55. The lowest BCUT2D eigenvalue weighted by atomic mass is 10.2. The van der Waals surface area contributed by atoms with Crippen molar-refractivity contribution in [2.45, 2.75) is 6.92 Å². The Labute approximate surface area is 104 Å². The van der Waals surface area contributed by atoms with Crippen molar-refractivity contribution in [3.8, 4) is 10.6 Å². The fourth-order valence-corrected chi connectivity index (χ4v) is 2.89. The second kappa shape index (κ2) is 3.60. The molecule has 3 rings (SSSR count). The molecule has 4 heteroatoms. The molecule has 0 aliphatic rings. The Bertz CT molecular complexity index is 674. The Morgan fingerprint density at radius 3 is 2.76 bits per heavy atom. The lowest BCUT2D eigenvalue weighted by Gasteiger charge is -1.93. The molecule has 2 heterocycles. The average Bonchev–Trinajstić information content (AvgIpc) is 2.82. The van der Waals surface area contributed by atoms with Gasteiger partial charge in [-0.25, -0.2) is 4.98 Å². The first-order chi connectivity index (χ1) is 8.16. The number of nitrogens with zero attached hydrogens (tertiary/aromatic N) is 2. The third kappa shape index (κ3) is 1.52. The molecule has 0 amide bonds. The summed E-state index contributed by atoms with van der Waals surface area (Å²) in [5, 5.41) is 3.02. The van der Waals surface area contributed by atoms with E-state index in [-0.39, 0.29) is 0 Å². The number of para-hydroxylation sites is 1. The monoisotopic (exact) mass is 243 g/mol. The molecule has 0 bridgehead atoms. The molecular weight excluding hydrogens is 230 g/mol. The predicted octanol–water partition coefficient (Wildman–Crippen LogP) is 3.19. The summed E-state index contributed by atoms with van der Waals surface area (Å²) in [5.41, 5.74) is 9.17. The molecule has 0 atom stereocenters. The van der Waals surface area contributed by atoms with Crippen molar-refractivity contribution < 1.29 is 0 Å². The molecule has 0 saturated carbocycles. The average molecular weight is 243 g/mol. The first kappa shape index (κ1) is 10.4. The largest absolute Gasteiger partial charge is 0.389 e. The van der Waals surface area contributed by atoms with E-state index in [1.54, 1.807) is 11.3 Å². The maximum Gasteiger partial charge on any atom is 0.127 e.